The van der Waals surface area contributed by atoms with Crippen molar-refractivity contribution in [1.29, 1.82) is 0 Å². The second-order valence-electron chi connectivity index (χ2n) is 4.31. The molecule has 0 aliphatic carbocycles. The van der Waals surface area contributed by atoms with Gasteiger partial charge in [-0.1, -0.05) is 11.6 Å². The molecular weight excluding hydrogens is 322 g/mol. The molecule has 1 aromatic heterocycles. The van der Waals surface area contributed by atoms with Gasteiger partial charge in [0.1, 0.15) is 0 Å². The van der Waals surface area contributed by atoms with Crippen molar-refractivity contribution in [3.05, 3.63) is 45.6 Å². The molecule has 0 spiro atoms. The summed E-state index contributed by atoms with van der Waals surface area (Å²) in [4.78, 5) is 20.5. The van der Waals surface area contributed by atoms with E-state index in [2.05, 4.69) is 31.2 Å². The van der Waals surface area contributed by atoms with Crippen LogP contribution in [0, 0.1) is 13.8 Å². The number of halogens is 1. The number of benzene rings is 1. The molecule has 0 fully saturated rings. The van der Waals surface area contributed by atoms with Gasteiger partial charge in [0, 0.05) is 16.2 Å². The minimum atomic E-state index is -0.270. The Kier molecular flexibility index (Phi) is 4.34. The van der Waals surface area contributed by atoms with Gasteiger partial charge in [0.25, 0.3) is 5.91 Å². The molecule has 5 nitrogen and oxygen atoms in total. The molecule has 1 N–H and O–H groups in total. The van der Waals surface area contributed by atoms with Crippen molar-refractivity contribution in [2.45, 2.75) is 13.8 Å². The summed E-state index contributed by atoms with van der Waals surface area (Å²) in [7, 11) is 1.52. The van der Waals surface area contributed by atoms with Gasteiger partial charge < -0.3 is 4.74 Å². The highest BCUT2D eigenvalue weighted by Crippen LogP contribution is 2.19. The molecule has 0 atom stereocenters. The number of carbonyl (C=O) groups is 1. The summed E-state index contributed by atoms with van der Waals surface area (Å²) in [5.74, 6) is 0.365. The second kappa shape index (κ2) is 6.00. The van der Waals surface area contributed by atoms with Crippen LogP contribution in [0.5, 0.6) is 5.88 Å². The quantitative estimate of drug-likeness (QED) is 0.935. The first-order valence-electron chi connectivity index (χ1n) is 5.97. The Labute approximate surface area is 125 Å². The summed E-state index contributed by atoms with van der Waals surface area (Å²) >= 11 is 3.36. The number of aryl methyl sites for hydroxylation is 2. The van der Waals surface area contributed by atoms with Gasteiger partial charge in [-0.3, -0.25) is 10.1 Å². The van der Waals surface area contributed by atoms with E-state index in [1.165, 1.54) is 7.11 Å². The number of amides is 1. The Morgan fingerprint density at radius 3 is 2.70 bits per heavy atom. The summed E-state index contributed by atoms with van der Waals surface area (Å²) in [6.45, 7) is 3.73. The zero-order valence-electron chi connectivity index (χ0n) is 11.4. The molecule has 6 heteroatoms. The molecule has 1 heterocycles. The van der Waals surface area contributed by atoms with Gasteiger partial charge in [-0.25, -0.2) is 4.98 Å². The van der Waals surface area contributed by atoms with Crippen LogP contribution in [0.4, 0.5) is 5.95 Å². The van der Waals surface area contributed by atoms with Crippen LogP contribution in [0.1, 0.15) is 21.6 Å². The normalized spacial score (nSPS) is 10.2. The van der Waals surface area contributed by atoms with Crippen molar-refractivity contribution < 1.29 is 9.53 Å². The Morgan fingerprint density at radius 1 is 1.25 bits per heavy atom. The predicted octanol–water partition coefficient (Wildman–Crippen LogP) is 3.12. The van der Waals surface area contributed by atoms with Gasteiger partial charge in [0.05, 0.1) is 12.7 Å². The Morgan fingerprint density at radius 2 is 2.00 bits per heavy atom. The molecule has 1 aromatic carbocycles. The minimum absolute atomic E-state index is 0.222. The smallest absolute Gasteiger partial charge is 0.259 e. The van der Waals surface area contributed by atoms with Gasteiger partial charge in [-0.2, -0.15) is 4.98 Å². The van der Waals surface area contributed by atoms with Crippen LogP contribution in [0.2, 0.25) is 0 Å². The summed E-state index contributed by atoms with van der Waals surface area (Å²) in [5, 5.41) is 2.67. The maximum absolute atomic E-state index is 12.2. The largest absolute Gasteiger partial charge is 0.481 e. The van der Waals surface area contributed by atoms with Crippen LogP contribution < -0.4 is 10.1 Å². The molecule has 0 saturated carbocycles. The number of methoxy groups -OCH3 is 1. The molecule has 1 amide bonds. The standard InChI is InChI=1S/C14H14BrN3O2/c1-8-4-5-11(15)10(6-8)13(19)18-14-16-9(2)7-12(17-14)20-3/h4-7H,1-3H3,(H,16,17,18,19). The number of hydrogen-bond donors (Lipinski definition) is 1. The summed E-state index contributed by atoms with van der Waals surface area (Å²) in [6.07, 6.45) is 0. The number of carbonyl (C=O) groups excluding carboxylic acids is 1. The van der Waals surface area contributed by atoms with E-state index in [0.717, 1.165) is 15.7 Å². The minimum Gasteiger partial charge on any atom is -0.481 e. The van der Waals surface area contributed by atoms with Crippen molar-refractivity contribution in [3.63, 3.8) is 0 Å². The van der Waals surface area contributed by atoms with Gasteiger partial charge in [-0.05, 0) is 41.9 Å². The molecule has 0 radical (unpaired) electrons. The topological polar surface area (TPSA) is 64.1 Å². The summed E-state index contributed by atoms with van der Waals surface area (Å²) < 4.78 is 5.78. The molecule has 2 rings (SSSR count). The highest BCUT2D eigenvalue weighted by atomic mass is 79.9. The monoisotopic (exact) mass is 335 g/mol. The van der Waals surface area contributed by atoms with E-state index in [1.807, 2.05) is 26.0 Å². The maximum Gasteiger partial charge on any atom is 0.259 e. The van der Waals surface area contributed by atoms with Crippen LogP contribution in [0.3, 0.4) is 0 Å². The third-order valence-electron chi connectivity index (χ3n) is 2.63. The fourth-order valence-electron chi connectivity index (χ4n) is 1.68. The van der Waals surface area contributed by atoms with Crippen molar-refractivity contribution in [1.82, 2.24) is 9.97 Å². The van der Waals surface area contributed by atoms with Crippen molar-refractivity contribution >= 4 is 27.8 Å². The molecule has 104 valence electrons. The molecule has 0 aliphatic rings. The first kappa shape index (κ1) is 14.5. The molecule has 2 aromatic rings. The van der Waals surface area contributed by atoms with E-state index in [0.29, 0.717) is 11.4 Å². The number of nitrogens with zero attached hydrogens (tertiary/aromatic N) is 2. The molecule has 0 aliphatic heterocycles. The fourth-order valence-corrected chi connectivity index (χ4v) is 2.11. The van der Waals surface area contributed by atoms with E-state index in [9.17, 15) is 4.79 Å². The van der Waals surface area contributed by atoms with Crippen molar-refractivity contribution in [2.75, 3.05) is 12.4 Å². The van der Waals surface area contributed by atoms with Gasteiger partial charge in [0.2, 0.25) is 11.8 Å². The third kappa shape index (κ3) is 3.33. The lowest BCUT2D eigenvalue weighted by Gasteiger charge is -2.08. The van der Waals surface area contributed by atoms with Gasteiger partial charge >= 0.3 is 0 Å². The average molecular weight is 336 g/mol. The van der Waals surface area contributed by atoms with Gasteiger partial charge in [0.15, 0.2) is 0 Å². The van der Waals surface area contributed by atoms with Crippen molar-refractivity contribution in [2.24, 2.45) is 0 Å². The van der Waals surface area contributed by atoms with Crippen LogP contribution in [-0.2, 0) is 0 Å². The number of hydrogen-bond acceptors (Lipinski definition) is 4. The number of aromatic nitrogens is 2. The lowest BCUT2D eigenvalue weighted by molar-refractivity contribution is 0.102. The number of rotatable bonds is 3. The highest BCUT2D eigenvalue weighted by molar-refractivity contribution is 9.10. The second-order valence-corrected chi connectivity index (χ2v) is 5.17. The fraction of sp³-hybridized carbons (Fsp3) is 0.214. The third-order valence-corrected chi connectivity index (χ3v) is 3.32. The Balaban J connectivity index is 2.27. The van der Waals surface area contributed by atoms with Crippen LogP contribution in [0.15, 0.2) is 28.7 Å². The molecule has 0 saturated heterocycles. The summed E-state index contributed by atoms with van der Waals surface area (Å²) in [5.41, 5.74) is 2.26. The SMILES string of the molecule is COc1cc(C)nc(NC(=O)c2cc(C)ccc2Br)n1. The molecular formula is C14H14BrN3O2. The highest BCUT2D eigenvalue weighted by Gasteiger charge is 2.12. The molecule has 0 unspecified atom stereocenters. The lowest BCUT2D eigenvalue weighted by Crippen LogP contribution is -2.15. The van der Waals surface area contributed by atoms with Gasteiger partial charge in [-0.15, -0.1) is 0 Å². The van der Waals surface area contributed by atoms with Crippen LogP contribution in [-0.4, -0.2) is 23.0 Å². The Bertz CT molecular complexity index is 659. The Hall–Kier alpha value is -1.95. The molecule has 0 bridgehead atoms. The average Bonchev–Trinajstić information content (AvgIpc) is 2.40. The van der Waals surface area contributed by atoms with E-state index in [1.54, 1.807) is 12.1 Å². The van der Waals surface area contributed by atoms with E-state index in [4.69, 9.17) is 4.74 Å². The first-order chi connectivity index (χ1) is 9.49. The number of anilines is 1. The van der Waals surface area contributed by atoms with E-state index in [-0.39, 0.29) is 11.9 Å². The van der Waals surface area contributed by atoms with E-state index >= 15 is 0 Å². The summed E-state index contributed by atoms with van der Waals surface area (Å²) in [6, 6.07) is 7.25. The predicted molar refractivity (Wildman–Crippen MR) is 80.2 cm³/mol. The first-order valence-corrected chi connectivity index (χ1v) is 6.76. The maximum atomic E-state index is 12.2. The van der Waals surface area contributed by atoms with Crippen molar-refractivity contribution in [3.8, 4) is 5.88 Å². The van der Waals surface area contributed by atoms with Crippen LogP contribution >= 0.6 is 15.9 Å². The van der Waals surface area contributed by atoms with Crippen LogP contribution in [0.25, 0.3) is 0 Å². The zero-order chi connectivity index (χ0) is 14.7. The lowest BCUT2D eigenvalue weighted by atomic mass is 10.1. The number of ether oxygens (including phenoxy) is 1. The molecule has 20 heavy (non-hydrogen) atoms. The number of nitrogens with one attached hydrogen (secondary N) is 1. The van der Waals surface area contributed by atoms with E-state index < -0.39 is 0 Å². The zero-order valence-corrected chi connectivity index (χ0v) is 13.0.